The average Bonchev–Trinajstić information content (AvgIpc) is 2.61. The van der Waals surface area contributed by atoms with E-state index in [0.717, 1.165) is 5.56 Å². The van der Waals surface area contributed by atoms with Gasteiger partial charge in [0.05, 0.1) is 12.8 Å². The Kier molecular flexibility index (Phi) is 3.41. The zero-order valence-corrected chi connectivity index (χ0v) is 9.26. The predicted molar refractivity (Wildman–Crippen MR) is 59.9 cm³/mol. The fourth-order valence-electron chi connectivity index (χ4n) is 1.73. The third kappa shape index (κ3) is 2.52. The molecule has 16 heavy (non-hydrogen) atoms. The van der Waals surface area contributed by atoms with Gasteiger partial charge in [-0.05, 0) is 12.5 Å². The van der Waals surface area contributed by atoms with E-state index in [-0.39, 0.29) is 0 Å². The first kappa shape index (κ1) is 11.0. The molecule has 0 aromatic heterocycles. The summed E-state index contributed by atoms with van der Waals surface area (Å²) in [6.45, 7) is 2.44. The molecule has 86 valence electrons. The quantitative estimate of drug-likeness (QED) is 0.729. The molecule has 0 bridgehead atoms. The Bertz CT molecular complexity index is 375. The zero-order chi connectivity index (χ0) is 11.4. The van der Waals surface area contributed by atoms with Crippen LogP contribution in [0.3, 0.4) is 0 Å². The second-order valence-electron chi connectivity index (χ2n) is 3.68. The van der Waals surface area contributed by atoms with Gasteiger partial charge in [0.1, 0.15) is 0 Å². The molecule has 0 aliphatic carbocycles. The molecule has 1 heterocycles. The Hall–Kier alpha value is -1.55. The van der Waals surface area contributed by atoms with Crippen molar-refractivity contribution in [1.82, 2.24) is 0 Å². The summed E-state index contributed by atoms with van der Waals surface area (Å²) in [4.78, 5) is 5.60. The van der Waals surface area contributed by atoms with Crippen LogP contribution >= 0.6 is 0 Å². The molecule has 1 aromatic carbocycles. The van der Waals surface area contributed by atoms with Crippen LogP contribution in [0, 0.1) is 5.21 Å². The lowest BCUT2D eigenvalue weighted by Gasteiger charge is -2.09. The highest BCUT2D eigenvalue weighted by Crippen LogP contribution is 2.14. The third-order valence-electron chi connectivity index (χ3n) is 2.48. The van der Waals surface area contributed by atoms with Crippen molar-refractivity contribution in [2.45, 2.75) is 26.1 Å². The van der Waals surface area contributed by atoms with Crippen LogP contribution in [0.2, 0.25) is 0 Å². The minimum Gasteiger partial charge on any atom is -0.372 e. The summed E-state index contributed by atoms with van der Waals surface area (Å²) in [5, 5.41) is 11.4. The first-order valence-corrected chi connectivity index (χ1v) is 5.44. The van der Waals surface area contributed by atoms with E-state index >= 15 is 0 Å². The number of hydrogen-bond acceptors (Lipinski definition) is 3. The van der Waals surface area contributed by atoms with E-state index in [1.54, 1.807) is 0 Å². The summed E-state index contributed by atoms with van der Waals surface area (Å²) in [6, 6.07) is 9.86. The molecule has 2 rings (SSSR count). The summed E-state index contributed by atoms with van der Waals surface area (Å²) in [5.74, 6) is 0. The van der Waals surface area contributed by atoms with Crippen molar-refractivity contribution in [3.8, 4) is 0 Å². The summed E-state index contributed by atoms with van der Waals surface area (Å²) in [5.41, 5.74) is 1.82. The van der Waals surface area contributed by atoms with E-state index < -0.39 is 6.29 Å². The number of rotatable bonds is 4. The van der Waals surface area contributed by atoms with Crippen molar-refractivity contribution < 1.29 is 14.5 Å². The third-order valence-corrected chi connectivity index (χ3v) is 2.48. The number of benzene rings is 1. The van der Waals surface area contributed by atoms with Crippen molar-refractivity contribution in [2.75, 3.05) is 6.61 Å². The van der Waals surface area contributed by atoms with Crippen LogP contribution in [0.15, 0.2) is 30.3 Å². The maximum atomic E-state index is 11.4. The highest BCUT2D eigenvalue weighted by Gasteiger charge is 2.27. The topological polar surface area (TPSA) is 44.5 Å². The maximum Gasteiger partial charge on any atom is 0.230 e. The number of ether oxygens (including phenoxy) is 1. The van der Waals surface area contributed by atoms with Crippen molar-refractivity contribution in [3.63, 3.8) is 0 Å². The summed E-state index contributed by atoms with van der Waals surface area (Å²) >= 11 is 0. The summed E-state index contributed by atoms with van der Waals surface area (Å²) < 4.78 is 5.26. The first-order valence-electron chi connectivity index (χ1n) is 5.44. The molecule has 1 aliphatic rings. The van der Waals surface area contributed by atoms with Gasteiger partial charge in [-0.3, -0.25) is 5.21 Å². The molecule has 0 saturated carbocycles. The van der Waals surface area contributed by atoms with Gasteiger partial charge in [-0.25, -0.2) is 0 Å². The lowest BCUT2D eigenvalue weighted by atomic mass is 10.1. The van der Waals surface area contributed by atoms with Crippen LogP contribution in [-0.2, 0) is 16.0 Å². The van der Waals surface area contributed by atoms with Gasteiger partial charge in [0.25, 0.3) is 0 Å². The minimum atomic E-state index is -0.416. The Labute approximate surface area is 94.6 Å². The second-order valence-corrected chi connectivity index (χ2v) is 3.68. The van der Waals surface area contributed by atoms with Gasteiger partial charge in [0.15, 0.2) is 6.29 Å². The molecule has 4 heteroatoms. The molecule has 0 spiro atoms. The van der Waals surface area contributed by atoms with Crippen molar-refractivity contribution >= 4 is 5.71 Å². The van der Waals surface area contributed by atoms with E-state index in [0.29, 0.717) is 30.1 Å². The van der Waals surface area contributed by atoms with E-state index in [1.165, 1.54) is 0 Å². The smallest absolute Gasteiger partial charge is 0.230 e. The molecule has 4 nitrogen and oxygen atoms in total. The van der Waals surface area contributed by atoms with Crippen molar-refractivity contribution in [2.24, 2.45) is 0 Å². The van der Waals surface area contributed by atoms with E-state index in [1.807, 2.05) is 37.3 Å². The van der Waals surface area contributed by atoms with E-state index in [4.69, 9.17) is 9.57 Å². The van der Waals surface area contributed by atoms with Gasteiger partial charge in [-0.1, -0.05) is 30.3 Å². The highest BCUT2D eigenvalue weighted by molar-refractivity contribution is 5.82. The Morgan fingerprint density at radius 3 is 2.88 bits per heavy atom. The van der Waals surface area contributed by atoms with Crippen LogP contribution in [-0.4, -0.2) is 23.5 Å². The lowest BCUT2D eigenvalue weighted by Crippen LogP contribution is -2.13. The zero-order valence-electron chi connectivity index (χ0n) is 9.26. The summed E-state index contributed by atoms with van der Waals surface area (Å²) in [7, 11) is 0. The van der Waals surface area contributed by atoms with Gasteiger partial charge in [-0.15, -0.1) is 0 Å². The Morgan fingerprint density at radius 2 is 2.19 bits per heavy atom. The van der Waals surface area contributed by atoms with Crippen molar-refractivity contribution in [3.05, 3.63) is 41.1 Å². The summed E-state index contributed by atoms with van der Waals surface area (Å²) in [6.07, 6.45) is 0.751. The lowest BCUT2D eigenvalue weighted by molar-refractivity contribution is -0.752. The molecule has 0 saturated heterocycles. The standard InChI is InChI=1S/C12H15NO3/c1-2-15-12-9-11(13(14)16-12)8-10-6-4-3-5-7-10/h3-7,12H,2,8-9H2,1H3. The molecule has 1 aromatic rings. The predicted octanol–water partition coefficient (Wildman–Crippen LogP) is 1.88. The molecule has 0 N–H and O–H groups in total. The van der Waals surface area contributed by atoms with Crippen LogP contribution < -0.4 is 0 Å². The number of hydrogen-bond donors (Lipinski definition) is 0. The molecule has 0 amide bonds. The molecule has 0 radical (unpaired) electrons. The van der Waals surface area contributed by atoms with Gasteiger partial charge in [-0.2, -0.15) is 0 Å². The van der Waals surface area contributed by atoms with Crippen LogP contribution in [0.4, 0.5) is 0 Å². The fourth-order valence-corrected chi connectivity index (χ4v) is 1.73. The molecular weight excluding hydrogens is 206 g/mol. The molecule has 0 fully saturated rings. The molecular formula is C12H15NO3. The fraction of sp³-hybridized carbons (Fsp3) is 0.417. The van der Waals surface area contributed by atoms with E-state index in [9.17, 15) is 5.21 Å². The minimum absolute atomic E-state index is 0.416. The Balaban J connectivity index is 1.98. The molecule has 1 atom stereocenters. The van der Waals surface area contributed by atoms with Crippen LogP contribution in [0.5, 0.6) is 0 Å². The van der Waals surface area contributed by atoms with Gasteiger partial charge in [0, 0.05) is 11.5 Å². The van der Waals surface area contributed by atoms with E-state index in [2.05, 4.69) is 0 Å². The molecule has 1 unspecified atom stereocenters. The van der Waals surface area contributed by atoms with Gasteiger partial charge < -0.3 is 9.57 Å². The maximum absolute atomic E-state index is 11.4. The SMILES string of the molecule is CCOC1CC(Cc2ccccc2)=[N+]([O-])O1. The number of nitrogens with zero attached hydrogens (tertiary/aromatic N) is 1. The monoisotopic (exact) mass is 221 g/mol. The Morgan fingerprint density at radius 1 is 1.44 bits per heavy atom. The second kappa shape index (κ2) is 4.99. The van der Waals surface area contributed by atoms with Gasteiger partial charge in [0.2, 0.25) is 5.71 Å². The highest BCUT2D eigenvalue weighted by atomic mass is 16.9. The van der Waals surface area contributed by atoms with Gasteiger partial charge >= 0.3 is 0 Å². The first-order chi connectivity index (χ1) is 7.79. The molecule has 1 aliphatic heterocycles. The van der Waals surface area contributed by atoms with Crippen LogP contribution in [0.25, 0.3) is 0 Å². The van der Waals surface area contributed by atoms with Crippen LogP contribution in [0.1, 0.15) is 18.9 Å². The van der Waals surface area contributed by atoms with Crippen molar-refractivity contribution in [1.29, 1.82) is 0 Å². The normalized spacial score (nSPS) is 19.9. The average molecular weight is 221 g/mol. The largest absolute Gasteiger partial charge is 0.372 e.